The lowest BCUT2D eigenvalue weighted by Gasteiger charge is -2.12. The summed E-state index contributed by atoms with van der Waals surface area (Å²) in [4.78, 5) is 18.7. The number of nitrogens with two attached hydrogens (primary N) is 1. The van der Waals surface area contributed by atoms with Gasteiger partial charge in [0.15, 0.2) is 0 Å². The number of carbonyl (C=O) groups excluding carboxylic acids is 1. The second kappa shape index (κ2) is 6.24. The van der Waals surface area contributed by atoms with E-state index in [1.165, 1.54) is 11.3 Å². The van der Waals surface area contributed by atoms with Crippen molar-refractivity contribution in [1.29, 1.82) is 0 Å². The average molecular weight is 339 g/mol. The number of amides is 1. The maximum atomic E-state index is 12.8. The quantitative estimate of drug-likeness (QED) is 0.731. The lowest BCUT2D eigenvalue weighted by molar-refractivity contribution is 0.103. The fourth-order valence-corrected chi connectivity index (χ4v) is 4.12. The van der Waals surface area contributed by atoms with E-state index >= 15 is 0 Å². The van der Waals surface area contributed by atoms with Gasteiger partial charge in [-0.3, -0.25) is 4.79 Å². The lowest BCUT2D eigenvalue weighted by Crippen LogP contribution is -2.14. The Bertz CT molecular complexity index is 943. The maximum absolute atomic E-state index is 12.8. The molecule has 0 aliphatic heterocycles. The number of nitrogen functional groups attached to an aromatic ring is 1. The van der Waals surface area contributed by atoms with Gasteiger partial charge in [-0.2, -0.15) is 0 Å². The fourth-order valence-electron chi connectivity index (χ4n) is 3.01. The summed E-state index contributed by atoms with van der Waals surface area (Å²) in [5.74, 6) is -0.170. The SMILES string of the molecule is CCc1cccc(C)c1NC(=O)c1sc2nc(C)cc(C)c2c1N. The molecule has 5 heteroatoms. The molecule has 24 heavy (non-hydrogen) atoms. The Kier molecular flexibility index (Phi) is 4.28. The summed E-state index contributed by atoms with van der Waals surface area (Å²) in [6, 6.07) is 8.03. The molecule has 0 fully saturated rings. The first-order valence-corrected chi connectivity index (χ1v) is 8.80. The van der Waals surface area contributed by atoms with Gasteiger partial charge in [0.2, 0.25) is 0 Å². The first-order valence-electron chi connectivity index (χ1n) is 7.98. The third-order valence-electron chi connectivity index (χ3n) is 4.21. The van der Waals surface area contributed by atoms with Crippen LogP contribution in [0, 0.1) is 20.8 Å². The summed E-state index contributed by atoms with van der Waals surface area (Å²) in [5, 5.41) is 3.93. The molecule has 0 aliphatic rings. The molecule has 0 unspecified atom stereocenters. The van der Waals surface area contributed by atoms with Gasteiger partial charge < -0.3 is 11.1 Å². The van der Waals surface area contributed by atoms with Crippen molar-refractivity contribution in [3.05, 3.63) is 51.5 Å². The van der Waals surface area contributed by atoms with Gasteiger partial charge in [0.05, 0.1) is 5.69 Å². The molecule has 4 nitrogen and oxygen atoms in total. The van der Waals surface area contributed by atoms with E-state index in [4.69, 9.17) is 5.73 Å². The van der Waals surface area contributed by atoms with Gasteiger partial charge in [0.25, 0.3) is 5.91 Å². The number of aromatic nitrogens is 1. The molecule has 1 amide bonds. The first kappa shape index (κ1) is 16.5. The maximum Gasteiger partial charge on any atom is 0.267 e. The molecule has 1 aromatic carbocycles. The predicted octanol–water partition coefficient (Wildman–Crippen LogP) is 4.62. The number of thiophene rings is 1. The van der Waals surface area contributed by atoms with Gasteiger partial charge in [0, 0.05) is 16.8 Å². The number of anilines is 2. The number of para-hydroxylation sites is 1. The molecule has 2 heterocycles. The Hall–Kier alpha value is -2.40. The number of hydrogen-bond acceptors (Lipinski definition) is 4. The van der Waals surface area contributed by atoms with Crippen LogP contribution in [-0.4, -0.2) is 10.9 Å². The lowest BCUT2D eigenvalue weighted by atomic mass is 10.1. The van der Waals surface area contributed by atoms with Gasteiger partial charge in [-0.1, -0.05) is 25.1 Å². The second-order valence-corrected chi connectivity index (χ2v) is 7.02. The summed E-state index contributed by atoms with van der Waals surface area (Å²) >= 11 is 1.35. The molecule has 0 bridgehead atoms. The molecular formula is C19H21N3OS. The van der Waals surface area contributed by atoms with Crippen LogP contribution in [-0.2, 0) is 6.42 Å². The van der Waals surface area contributed by atoms with Crippen molar-refractivity contribution in [2.45, 2.75) is 34.1 Å². The minimum absolute atomic E-state index is 0.170. The van der Waals surface area contributed by atoms with Crippen LogP contribution < -0.4 is 11.1 Å². The summed E-state index contributed by atoms with van der Waals surface area (Å²) in [6.45, 7) is 8.02. The number of benzene rings is 1. The zero-order valence-corrected chi connectivity index (χ0v) is 15.2. The number of carbonyl (C=O) groups is 1. The third kappa shape index (κ3) is 2.76. The summed E-state index contributed by atoms with van der Waals surface area (Å²) in [5.41, 5.74) is 11.8. The smallest absolute Gasteiger partial charge is 0.267 e. The Balaban J connectivity index is 2.04. The third-order valence-corrected chi connectivity index (χ3v) is 5.31. The molecule has 0 saturated carbocycles. The number of pyridine rings is 1. The van der Waals surface area contributed by atoms with Crippen LogP contribution in [0.15, 0.2) is 24.3 Å². The standard InChI is InChI=1S/C19H21N3OS/c1-5-13-8-6-7-10(2)16(13)22-18(23)17-15(20)14-11(3)9-12(4)21-19(14)24-17/h6-9H,5,20H2,1-4H3,(H,22,23). The molecule has 0 saturated heterocycles. The Labute approximate surface area is 145 Å². The van der Waals surface area contributed by atoms with Crippen molar-refractivity contribution in [2.75, 3.05) is 11.1 Å². The van der Waals surface area contributed by atoms with E-state index in [1.807, 2.05) is 45.0 Å². The van der Waals surface area contributed by atoms with Crippen LogP contribution in [0.1, 0.15) is 39.0 Å². The average Bonchev–Trinajstić information content (AvgIpc) is 2.86. The van der Waals surface area contributed by atoms with E-state index in [0.717, 1.165) is 44.7 Å². The molecule has 3 N–H and O–H groups in total. The van der Waals surface area contributed by atoms with Crippen LogP contribution in [0.2, 0.25) is 0 Å². The minimum Gasteiger partial charge on any atom is -0.397 e. The van der Waals surface area contributed by atoms with E-state index < -0.39 is 0 Å². The number of nitrogens with one attached hydrogen (secondary N) is 1. The number of aryl methyl sites for hydroxylation is 4. The van der Waals surface area contributed by atoms with E-state index in [9.17, 15) is 4.79 Å². The fraction of sp³-hybridized carbons (Fsp3) is 0.263. The van der Waals surface area contributed by atoms with Crippen molar-refractivity contribution < 1.29 is 4.79 Å². The molecule has 0 spiro atoms. The molecule has 0 radical (unpaired) electrons. The van der Waals surface area contributed by atoms with Gasteiger partial charge >= 0.3 is 0 Å². The van der Waals surface area contributed by atoms with Gasteiger partial charge in [-0.15, -0.1) is 11.3 Å². The topological polar surface area (TPSA) is 68.0 Å². The monoisotopic (exact) mass is 339 g/mol. The molecular weight excluding hydrogens is 318 g/mol. The van der Waals surface area contributed by atoms with Crippen molar-refractivity contribution in [2.24, 2.45) is 0 Å². The summed E-state index contributed by atoms with van der Waals surface area (Å²) < 4.78 is 0. The van der Waals surface area contributed by atoms with Crippen LogP contribution in [0.4, 0.5) is 11.4 Å². The molecule has 124 valence electrons. The van der Waals surface area contributed by atoms with E-state index in [1.54, 1.807) is 0 Å². The van der Waals surface area contributed by atoms with E-state index in [-0.39, 0.29) is 5.91 Å². The highest BCUT2D eigenvalue weighted by Gasteiger charge is 2.20. The van der Waals surface area contributed by atoms with Gasteiger partial charge in [-0.25, -0.2) is 4.98 Å². The highest BCUT2D eigenvalue weighted by molar-refractivity contribution is 7.21. The van der Waals surface area contributed by atoms with Crippen molar-refractivity contribution in [3.63, 3.8) is 0 Å². The Morgan fingerprint density at radius 1 is 1.25 bits per heavy atom. The van der Waals surface area contributed by atoms with Crippen molar-refractivity contribution >= 4 is 38.8 Å². The van der Waals surface area contributed by atoms with Crippen molar-refractivity contribution in [3.8, 4) is 0 Å². The second-order valence-electron chi connectivity index (χ2n) is 6.02. The van der Waals surface area contributed by atoms with Gasteiger partial charge in [0.1, 0.15) is 9.71 Å². The number of rotatable bonds is 3. The Morgan fingerprint density at radius 3 is 2.71 bits per heavy atom. The molecule has 3 rings (SSSR count). The van der Waals surface area contributed by atoms with E-state index in [2.05, 4.69) is 17.2 Å². The van der Waals surface area contributed by atoms with Crippen LogP contribution >= 0.6 is 11.3 Å². The highest BCUT2D eigenvalue weighted by Crippen LogP contribution is 2.35. The predicted molar refractivity (Wildman–Crippen MR) is 102 cm³/mol. The van der Waals surface area contributed by atoms with Crippen LogP contribution in [0.3, 0.4) is 0 Å². The van der Waals surface area contributed by atoms with Crippen LogP contribution in [0.25, 0.3) is 10.2 Å². The normalized spacial score (nSPS) is 11.0. The largest absolute Gasteiger partial charge is 0.397 e. The van der Waals surface area contributed by atoms with Gasteiger partial charge in [-0.05, 0) is 49.9 Å². The number of hydrogen-bond donors (Lipinski definition) is 2. The van der Waals surface area contributed by atoms with Crippen molar-refractivity contribution in [1.82, 2.24) is 4.98 Å². The molecule has 3 aromatic rings. The zero-order valence-electron chi connectivity index (χ0n) is 14.4. The molecule has 0 atom stereocenters. The summed E-state index contributed by atoms with van der Waals surface area (Å²) in [6.07, 6.45) is 0.860. The number of fused-ring (bicyclic) bond motifs is 1. The highest BCUT2D eigenvalue weighted by atomic mass is 32.1. The number of nitrogens with zero attached hydrogens (tertiary/aromatic N) is 1. The van der Waals surface area contributed by atoms with Crippen LogP contribution in [0.5, 0.6) is 0 Å². The molecule has 0 aliphatic carbocycles. The first-order chi connectivity index (χ1) is 11.4. The zero-order chi connectivity index (χ0) is 17.4. The van der Waals surface area contributed by atoms with E-state index in [0.29, 0.717) is 10.6 Å². The Morgan fingerprint density at radius 2 is 2.00 bits per heavy atom. The minimum atomic E-state index is -0.170. The summed E-state index contributed by atoms with van der Waals surface area (Å²) in [7, 11) is 0. The molecule has 2 aromatic heterocycles.